The summed E-state index contributed by atoms with van der Waals surface area (Å²) >= 11 is 0. The second-order valence-corrected chi connectivity index (χ2v) is 7.49. The number of alkyl halides is 5. The van der Waals surface area contributed by atoms with Gasteiger partial charge in [0.15, 0.2) is 12.4 Å². The summed E-state index contributed by atoms with van der Waals surface area (Å²) in [5, 5.41) is 0.143. The Morgan fingerprint density at radius 3 is 2.63 bits per heavy atom. The predicted molar refractivity (Wildman–Crippen MR) is 94.2 cm³/mol. The molecule has 0 aliphatic carbocycles. The first-order chi connectivity index (χ1) is 14.0. The molecule has 0 aliphatic heterocycles. The Balaban J connectivity index is 1.87. The summed E-state index contributed by atoms with van der Waals surface area (Å²) in [6.45, 7) is -1.62. The van der Waals surface area contributed by atoms with Gasteiger partial charge in [0.1, 0.15) is 4.90 Å². The van der Waals surface area contributed by atoms with Crippen LogP contribution in [0.3, 0.4) is 0 Å². The summed E-state index contributed by atoms with van der Waals surface area (Å²) in [6, 6.07) is 3.43. The monoisotopic (exact) mass is 452 g/mol. The van der Waals surface area contributed by atoms with Gasteiger partial charge in [-0.25, -0.2) is 26.9 Å². The third kappa shape index (κ3) is 4.69. The topological polar surface area (TPSA) is 106 Å². The van der Waals surface area contributed by atoms with Gasteiger partial charge in [-0.15, -0.1) is 0 Å². The third-order valence-electron chi connectivity index (χ3n) is 3.74. The Kier molecular flexibility index (Phi) is 5.70. The lowest BCUT2D eigenvalue weighted by molar-refractivity contribution is -0.153. The van der Waals surface area contributed by atoms with Crippen LogP contribution in [0.2, 0.25) is 0 Å². The first-order valence-electron chi connectivity index (χ1n) is 8.03. The molecule has 3 aromatic rings. The summed E-state index contributed by atoms with van der Waals surface area (Å²) in [5.74, 6) is -1.36. The first kappa shape index (κ1) is 21.5. The van der Waals surface area contributed by atoms with Gasteiger partial charge in [0.2, 0.25) is 5.95 Å². The molecule has 2 heterocycles. The van der Waals surface area contributed by atoms with Crippen LogP contribution in [0.15, 0.2) is 35.5 Å². The van der Waals surface area contributed by atoms with E-state index in [-0.39, 0.29) is 21.4 Å². The number of rotatable bonds is 7. The van der Waals surface area contributed by atoms with Crippen molar-refractivity contribution >= 4 is 26.9 Å². The molecule has 2 aromatic heterocycles. The molecule has 0 aliphatic rings. The lowest BCUT2D eigenvalue weighted by atomic mass is 10.2. The molecule has 30 heavy (non-hydrogen) atoms. The van der Waals surface area contributed by atoms with Gasteiger partial charge in [-0.05, 0) is 6.07 Å². The minimum Gasteiger partial charge on any atom is -0.478 e. The van der Waals surface area contributed by atoms with Crippen molar-refractivity contribution in [1.29, 1.82) is 0 Å². The van der Waals surface area contributed by atoms with Crippen molar-refractivity contribution in [2.75, 3.05) is 18.4 Å². The van der Waals surface area contributed by atoms with E-state index in [9.17, 15) is 30.4 Å². The van der Waals surface area contributed by atoms with Crippen LogP contribution in [0.1, 0.15) is 12.0 Å². The first-order valence-corrected chi connectivity index (χ1v) is 9.51. The minimum atomic E-state index is -4.61. The zero-order valence-corrected chi connectivity index (χ0v) is 15.8. The highest BCUT2D eigenvalue weighted by atomic mass is 32.2. The smallest absolute Gasteiger partial charge is 0.422 e. The van der Waals surface area contributed by atoms with Crippen LogP contribution in [0.25, 0.3) is 10.9 Å². The van der Waals surface area contributed by atoms with Gasteiger partial charge < -0.3 is 14.5 Å². The number of benzene rings is 1. The van der Waals surface area contributed by atoms with Crippen LogP contribution in [0.5, 0.6) is 11.6 Å². The zero-order chi connectivity index (χ0) is 22.1. The molecule has 2 N–H and O–H groups in total. The minimum absolute atomic E-state index is 0.143. The molecule has 0 atom stereocenters. The van der Waals surface area contributed by atoms with E-state index in [1.54, 1.807) is 0 Å². The van der Waals surface area contributed by atoms with Crippen LogP contribution in [-0.2, 0) is 10.0 Å². The van der Waals surface area contributed by atoms with Crippen molar-refractivity contribution in [2.45, 2.75) is 17.5 Å². The van der Waals surface area contributed by atoms with E-state index in [1.165, 1.54) is 6.07 Å². The number of methoxy groups -OCH3 is 1. The molecule has 3 rings (SSSR count). The van der Waals surface area contributed by atoms with Gasteiger partial charge in [-0.3, -0.25) is 0 Å². The summed E-state index contributed by atoms with van der Waals surface area (Å²) in [6.07, 6.45) is -5.42. The number of hydrogen-bond donors (Lipinski definition) is 2. The Hall–Kier alpha value is -3.16. The number of H-pyrrole nitrogens is 1. The van der Waals surface area contributed by atoms with Gasteiger partial charge in [0.25, 0.3) is 22.3 Å². The number of ether oxygens (including phenoxy) is 2. The lowest BCUT2D eigenvalue weighted by Gasteiger charge is -2.12. The van der Waals surface area contributed by atoms with E-state index in [0.29, 0.717) is 0 Å². The van der Waals surface area contributed by atoms with E-state index in [2.05, 4.69) is 19.7 Å². The molecule has 0 spiro atoms. The molecular weight excluding hydrogens is 439 g/mol. The van der Waals surface area contributed by atoms with Crippen molar-refractivity contribution < 1.29 is 39.8 Å². The molecule has 0 saturated carbocycles. The van der Waals surface area contributed by atoms with Gasteiger partial charge >= 0.3 is 6.18 Å². The average molecular weight is 452 g/mol. The van der Waals surface area contributed by atoms with Crippen molar-refractivity contribution in [2.24, 2.45) is 0 Å². The van der Waals surface area contributed by atoms with Gasteiger partial charge in [0.05, 0.1) is 13.3 Å². The average Bonchev–Trinajstić information content (AvgIpc) is 3.10. The number of aromatic amines is 1. The molecule has 14 heteroatoms. The second kappa shape index (κ2) is 7.93. The van der Waals surface area contributed by atoms with Crippen molar-refractivity contribution in [3.8, 4) is 11.6 Å². The number of hydrogen-bond acceptors (Lipinski definition) is 6. The molecule has 0 unspecified atom stereocenters. The van der Waals surface area contributed by atoms with Crippen molar-refractivity contribution in [3.63, 3.8) is 0 Å². The third-order valence-corrected chi connectivity index (χ3v) is 5.11. The van der Waals surface area contributed by atoms with Crippen LogP contribution >= 0.6 is 0 Å². The van der Waals surface area contributed by atoms with E-state index in [4.69, 9.17) is 4.74 Å². The standard InChI is InChI=1S/C16H13F5N4O4S/c1-28-14-11(29-7-16(19,20)21)5-23-15(24-14)25-30(26,27)12-6-22-10-4-8(13(17)18)2-3-9(10)12/h2-6,13,22H,7H2,1H3,(H,23,24,25). The van der Waals surface area contributed by atoms with Crippen LogP contribution in [0, 0.1) is 0 Å². The number of fused-ring (bicyclic) bond motifs is 1. The molecule has 0 radical (unpaired) electrons. The van der Waals surface area contributed by atoms with Crippen LogP contribution in [-0.4, -0.2) is 43.3 Å². The van der Waals surface area contributed by atoms with E-state index >= 15 is 0 Å². The second-order valence-electron chi connectivity index (χ2n) is 5.84. The van der Waals surface area contributed by atoms with Gasteiger partial charge in [-0.2, -0.15) is 18.2 Å². The highest BCUT2D eigenvalue weighted by Gasteiger charge is 2.29. The van der Waals surface area contributed by atoms with Gasteiger partial charge in [-0.1, -0.05) is 12.1 Å². The molecule has 0 bridgehead atoms. The quantitative estimate of drug-likeness (QED) is 0.530. The van der Waals surface area contributed by atoms with E-state index in [1.807, 2.05) is 4.72 Å². The molecule has 0 fully saturated rings. The normalized spacial score (nSPS) is 12.4. The fraction of sp³-hybridized carbons (Fsp3) is 0.250. The maximum absolute atomic E-state index is 12.8. The lowest BCUT2D eigenvalue weighted by Crippen LogP contribution is -2.20. The molecular formula is C16H13F5N4O4S. The highest BCUT2D eigenvalue weighted by Crippen LogP contribution is 2.30. The summed E-state index contributed by atoms with van der Waals surface area (Å²) in [4.78, 5) is 9.62. The van der Waals surface area contributed by atoms with Crippen LogP contribution in [0.4, 0.5) is 27.9 Å². The zero-order valence-electron chi connectivity index (χ0n) is 15.0. The van der Waals surface area contributed by atoms with E-state index in [0.717, 1.165) is 31.6 Å². The number of anilines is 1. The molecule has 8 nitrogen and oxygen atoms in total. The van der Waals surface area contributed by atoms with E-state index < -0.39 is 46.8 Å². The summed E-state index contributed by atoms with van der Waals surface area (Å²) in [5.41, 5.74) is -0.119. The fourth-order valence-corrected chi connectivity index (χ4v) is 3.59. The maximum atomic E-state index is 12.8. The predicted octanol–water partition coefficient (Wildman–Crippen LogP) is 3.65. The Morgan fingerprint density at radius 1 is 1.27 bits per heavy atom. The fourth-order valence-electron chi connectivity index (χ4n) is 2.46. The number of nitrogens with one attached hydrogen (secondary N) is 2. The van der Waals surface area contributed by atoms with Crippen molar-refractivity contribution in [1.82, 2.24) is 15.0 Å². The molecule has 1 aromatic carbocycles. The number of sulfonamides is 1. The number of nitrogens with zero attached hydrogens (tertiary/aromatic N) is 2. The SMILES string of the molecule is COc1nc(NS(=O)(=O)c2c[nH]c3cc(C(F)F)ccc23)ncc1OCC(F)(F)F. The summed E-state index contributed by atoms with van der Waals surface area (Å²) < 4.78 is 99.2. The Morgan fingerprint density at radius 2 is 2.00 bits per heavy atom. The van der Waals surface area contributed by atoms with Crippen molar-refractivity contribution in [3.05, 3.63) is 36.2 Å². The highest BCUT2D eigenvalue weighted by molar-refractivity contribution is 7.93. The number of aromatic nitrogens is 3. The van der Waals surface area contributed by atoms with Gasteiger partial charge in [0, 0.05) is 22.7 Å². The Bertz CT molecular complexity index is 1160. The molecule has 0 amide bonds. The van der Waals surface area contributed by atoms with Crippen LogP contribution < -0.4 is 14.2 Å². The molecule has 162 valence electrons. The largest absolute Gasteiger partial charge is 0.478 e. The number of halogens is 5. The molecule has 0 saturated heterocycles. The Labute approximate surface area is 166 Å². The maximum Gasteiger partial charge on any atom is 0.422 e. The summed E-state index contributed by atoms with van der Waals surface area (Å²) in [7, 11) is -3.17.